The number of nitrogens with zero attached hydrogens (tertiary/aromatic N) is 1. The molecule has 2 bridgehead atoms. The molecule has 3 rings (SSSR count). The molecule has 0 aromatic heterocycles. The number of hydrogen-bond donors (Lipinski definition) is 0. The second-order valence-corrected chi connectivity index (χ2v) is 5.93. The maximum atomic E-state index is 5.94. The van der Waals surface area contributed by atoms with E-state index in [0.717, 1.165) is 29.6 Å². The average Bonchev–Trinajstić information content (AvgIpc) is 2.87. The van der Waals surface area contributed by atoms with Crippen LogP contribution < -0.4 is 0 Å². The lowest BCUT2D eigenvalue weighted by Gasteiger charge is -2.23. The molecule has 2 aliphatic carbocycles. The van der Waals surface area contributed by atoms with Gasteiger partial charge in [-0.05, 0) is 49.9 Å². The molecule has 0 N–H and O–H groups in total. The zero-order chi connectivity index (χ0) is 9.71. The van der Waals surface area contributed by atoms with E-state index in [9.17, 15) is 0 Å². The van der Waals surface area contributed by atoms with Crippen LogP contribution in [0.5, 0.6) is 0 Å². The number of alkyl halides is 1. The van der Waals surface area contributed by atoms with E-state index < -0.39 is 0 Å². The minimum atomic E-state index is 0.599. The highest BCUT2D eigenvalue weighted by Crippen LogP contribution is 2.55. The lowest BCUT2D eigenvalue weighted by atomic mass is 9.82. The highest BCUT2D eigenvalue weighted by molar-refractivity contribution is 6.18. The Morgan fingerprint density at radius 2 is 1.79 bits per heavy atom. The van der Waals surface area contributed by atoms with Crippen LogP contribution >= 0.6 is 11.6 Å². The molecule has 0 radical (unpaired) electrons. The maximum Gasteiger partial charge on any atom is 0.0376 e. The van der Waals surface area contributed by atoms with E-state index in [2.05, 4.69) is 11.8 Å². The summed E-state index contributed by atoms with van der Waals surface area (Å²) in [7, 11) is 0. The second kappa shape index (κ2) is 3.38. The Morgan fingerprint density at radius 1 is 1.21 bits per heavy atom. The fourth-order valence-corrected chi connectivity index (χ4v) is 4.37. The molecule has 3 fully saturated rings. The predicted molar refractivity (Wildman–Crippen MR) is 59.6 cm³/mol. The number of hydrogen-bond acceptors (Lipinski definition) is 1. The topological polar surface area (TPSA) is 3.24 Å². The molecule has 0 aromatic carbocycles. The van der Waals surface area contributed by atoms with Gasteiger partial charge in [-0.1, -0.05) is 0 Å². The van der Waals surface area contributed by atoms with Gasteiger partial charge < -0.3 is 0 Å². The van der Waals surface area contributed by atoms with Gasteiger partial charge in [-0.25, -0.2) is 0 Å². The van der Waals surface area contributed by atoms with Crippen molar-refractivity contribution in [2.24, 2.45) is 23.7 Å². The summed E-state index contributed by atoms with van der Waals surface area (Å²) in [4.78, 5) is 2.63. The third-order valence-corrected chi connectivity index (χ3v) is 5.46. The fraction of sp³-hybridized carbons (Fsp3) is 1.00. The van der Waals surface area contributed by atoms with E-state index in [1.54, 1.807) is 6.42 Å². The minimum absolute atomic E-state index is 0.599. The molecule has 0 spiro atoms. The van der Waals surface area contributed by atoms with Gasteiger partial charge in [0, 0.05) is 25.0 Å². The summed E-state index contributed by atoms with van der Waals surface area (Å²) in [5.41, 5.74) is 0. The Hall–Kier alpha value is 0.250. The summed E-state index contributed by atoms with van der Waals surface area (Å²) in [6.07, 6.45) is 4.60. The van der Waals surface area contributed by atoms with Crippen LogP contribution in [0.15, 0.2) is 0 Å². The monoisotopic (exact) mass is 213 g/mol. The van der Waals surface area contributed by atoms with Crippen molar-refractivity contribution in [2.75, 3.05) is 19.0 Å². The van der Waals surface area contributed by atoms with Crippen molar-refractivity contribution in [3.8, 4) is 0 Å². The zero-order valence-electron chi connectivity index (χ0n) is 8.95. The molecule has 0 amide bonds. The second-order valence-electron chi connectivity index (χ2n) is 5.62. The first kappa shape index (κ1) is 9.47. The molecule has 5 atom stereocenters. The molecule has 3 aliphatic rings. The number of likely N-dealkylation sites (tertiary alicyclic amines) is 1. The number of rotatable bonds is 2. The van der Waals surface area contributed by atoms with Crippen molar-refractivity contribution in [2.45, 2.75) is 32.2 Å². The van der Waals surface area contributed by atoms with Gasteiger partial charge in [0.2, 0.25) is 0 Å². The predicted octanol–water partition coefficient (Wildman–Crippen LogP) is 2.59. The van der Waals surface area contributed by atoms with Gasteiger partial charge >= 0.3 is 0 Å². The van der Waals surface area contributed by atoms with Crippen LogP contribution in [0.4, 0.5) is 0 Å². The SMILES string of the molecule is C[C@@H](CCl)N1C[C@@H]2[C@@H]3CC[C@@H](C3)[C@@H]2C1. The van der Waals surface area contributed by atoms with Crippen LogP contribution in [-0.4, -0.2) is 29.9 Å². The van der Waals surface area contributed by atoms with Crippen molar-refractivity contribution in [3.05, 3.63) is 0 Å². The van der Waals surface area contributed by atoms with E-state index in [-0.39, 0.29) is 0 Å². The van der Waals surface area contributed by atoms with E-state index in [0.29, 0.717) is 6.04 Å². The van der Waals surface area contributed by atoms with Crippen molar-refractivity contribution >= 4 is 11.6 Å². The molecule has 1 heterocycles. The standard InChI is InChI=1S/C12H20ClN/c1-8(5-13)14-6-11-9-2-3-10(4-9)12(11)7-14/h8-12H,2-7H2,1H3/t8-,9-,10+,11-,12+/m0/s1. The van der Waals surface area contributed by atoms with E-state index >= 15 is 0 Å². The lowest BCUT2D eigenvalue weighted by Crippen LogP contribution is -2.33. The molecule has 1 nitrogen and oxygen atoms in total. The molecule has 0 aromatic rings. The Morgan fingerprint density at radius 3 is 2.29 bits per heavy atom. The third-order valence-electron chi connectivity index (χ3n) is 5.01. The first-order chi connectivity index (χ1) is 6.79. The quantitative estimate of drug-likeness (QED) is 0.638. The third kappa shape index (κ3) is 1.25. The van der Waals surface area contributed by atoms with Crippen molar-refractivity contribution in [3.63, 3.8) is 0 Å². The Labute approximate surface area is 91.8 Å². The van der Waals surface area contributed by atoms with Gasteiger partial charge in [0.25, 0.3) is 0 Å². The van der Waals surface area contributed by atoms with Gasteiger partial charge in [0.1, 0.15) is 0 Å². The number of halogens is 1. The molecule has 1 saturated heterocycles. The van der Waals surface area contributed by atoms with Crippen LogP contribution in [0.1, 0.15) is 26.2 Å². The maximum absolute atomic E-state index is 5.94. The average molecular weight is 214 g/mol. The van der Waals surface area contributed by atoms with Crippen LogP contribution in [0.3, 0.4) is 0 Å². The minimum Gasteiger partial charge on any atom is -0.299 e. The highest BCUT2D eigenvalue weighted by atomic mass is 35.5. The van der Waals surface area contributed by atoms with Crippen LogP contribution in [0.2, 0.25) is 0 Å². The molecular weight excluding hydrogens is 194 g/mol. The van der Waals surface area contributed by atoms with Crippen LogP contribution in [0.25, 0.3) is 0 Å². The van der Waals surface area contributed by atoms with Crippen molar-refractivity contribution in [1.29, 1.82) is 0 Å². The largest absolute Gasteiger partial charge is 0.299 e. The number of fused-ring (bicyclic) bond motifs is 5. The van der Waals surface area contributed by atoms with Gasteiger partial charge in [-0.15, -0.1) is 11.6 Å². The smallest absolute Gasteiger partial charge is 0.0376 e. The van der Waals surface area contributed by atoms with Gasteiger partial charge in [-0.3, -0.25) is 4.90 Å². The fourth-order valence-electron chi connectivity index (χ4n) is 4.17. The van der Waals surface area contributed by atoms with Gasteiger partial charge in [0.15, 0.2) is 0 Å². The Bertz CT molecular complexity index is 212. The summed E-state index contributed by atoms with van der Waals surface area (Å²) in [5.74, 6) is 5.04. The molecular formula is C12H20ClN. The van der Waals surface area contributed by atoms with Crippen LogP contribution in [0, 0.1) is 23.7 Å². The van der Waals surface area contributed by atoms with Gasteiger partial charge in [0.05, 0.1) is 0 Å². The molecule has 1 aliphatic heterocycles. The molecule has 0 unspecified atom stereocenters. The Kier molecular flexibility index (Phi) is 2.29. The van der Waals surface area contributed by atoms with E-state index in [4.69, 9.17) is 11.6 Å². The first-order valence-corrected chi connectivity index (χ1v) is 6.63. The molecule has 2 saturated carbocycles. The lowest BCUT2D eigenvalue weighted by molar-refractivity contribution is 0.246. The first-order valence-electron chi connectivity index (χ1n) is 6.09. The summed E-state index contributed by atoms with van der Waals surface area (Å²) in [6.45, 7) is 4.97. The summed E-state index contributed by atoms with van der Waals surface area (Å²) >= 11 is 5.94. The van der Waals surface area contributed by atoms with Crippen LogP contribution in [-0.2, 0) is 0 Å². The van der Waals surface area contributed by atoms with E-state index in [1.165, 1.54) is 25.9 Å². The molecule has 2 heteroatoms. The summed E-state index contributed by atoms with van der Waals surface area (Å²) in [5, 5.41) is 0. The summed E-state index contributed by atoms with van der Waals surface area (Å²) in [6, 6.07) is 0.599. The summed E-state index contributed by atoms with van der Waals surface area (Å²) < 4.78 is 0. The normalized spacial score (nSPS) is 48.4. The van der Waals surface area contributed by atoms with Crippen molar-refractivity contribution < 1.29 is 0 Å². The molecule has 14 heavy (non-hydrogen) atoms. The highest BCUT2D eigenvalue weighted by Gasteiger charge is 2.51. The zero-order valence-corrected chi connectivity index (χ0v) is 9.71. The Balaban J connectivity index is 1.70. The molecule has 80 valence electrons. The van der Waals surface area contributed by atoms with Gasteiger partial charge in [-0.2, -0.15) is 0 Å². The van der Waals surface area contributed by atoms with E-state index in [1.807, 2.05) is 0 Å². The van der Waals surface area contributed by atoms with Crippen molar-refractivity contribution in [1.82, 2.24) is 4.90 Å².